The van der Waals surface area contributed by atoms with E-state index in [0.29, 0.717) is 6.54 Å². The van der Waals surface area contributed by atoms with Gasteiger partial charge >= 0.3 is 0 Å². The maximum atomic E-state index is 12.0. The molecule has 0 saturated carbocycles. The molecule has 0 saturated heterocycles. The standard InChI is InChI=1S/C16H21N3O2S/c1-12(2)19-22(20,21)16-9-7-15(8-10-16)18-11-13-3-5-14(17)6-4-13/h3-10,12,18-19H,11,17H2,1-2H3. The molecule has 0 amide bonds. The van der Waals surface area contributed by atoms with E-state index in [4.69, 9.17) is 5.73 Å². The van der Waals surface area contributed by atoms with Crippen molar-refractivity contribution >= 4 is 21.4 Å². The lowest BCUT2D eigenvalue weighted by Crippen LogP contribution is -2.30. The maximum Gasteiger partial charge on any atom is 0.240 e. The highest BCUT2D eigenvalue weighted by molar-refractivity contribution is 7.89. The minimum atomic E-state index is -3.44. The number of nitrogens with two attached hydrogens (primary N) is 1. The van der Waals surface area contributed by atoms with E-state index in [1.165, 1.54) is 0 Å². The van der Waals surface area contributed by atoms with Gasteiger partial charge in [0.2, 0.25) is 10.0 Å². The molecule has 2 aromatic carbocycles. The second-order valence-electron chi connectivity index (χ2n) is 5.40. The van der Waals surface area contributed by atoms with Crippen LogP contribution in [0.2, 0.25) is 0 Å². The summed E-state index contributed by atoms with van der Waals surface area (Å²) < 4.78 is 26.6. The van der Waals surface area contributed by atoms with Crippen LogP contribution in [-0.4, -0.2) is 14.5 Å². The molecule has 0 atom stereocenters. The Morgan fingerprint density at radius 3 is 2.14 bits per heavy atom. The third-order valence-corrected chi connectivity index (χ3v) is 4.71. The summed E-state index contributed by atoms with van der Waals surface area (Å²) in [5.74, 6) is 0. The summed E-state index contributed by atoms with van der Waals surface area (Å²) >= 11 is 0. The molecule has 4 N–H and O–H groups in total. The van der Waals surface area contributed by atoms with Crippen LogP contribution < -0.4 is 15.8 Å². The number of benzene rings is 2. The molecule has 2 aromatic rings. The third-order valence-electron chi connectivity index (χ3n) is 3.03. The van der Waals surface area contributed by atoms with Gasteiger partial charge in [-0.05, 0) is 55.8 Å². The van der Waals surface area contributed by atoms with Gasteiger partial charge in [0.05, 0.1) is 4.90 Å². The Labute approximate surface area is 131 Å². The molecule has 0 aliphatic rings. The lowest BCUT2D eigenvalue weighted by Gasteiger charge is -2.11. The van der Waals surface area contributed by atoms with Gasteiger partial charge in [0.1, 0.15) is 0 Å². The topological polar surface area (TPSA) is 84.2 Å². The van der Waals surface area contributed by atoms with Crippen LogP contribution in [0.4, 0.5) is 11.4 Å². The lowest BCUT2D eigenvalue weighted by atomic mass is 10.2. The Bertz CT molecular complexity index is 708. The van der Waals surface area contributed by atoms with E-state index in [9.17, 15) is 8.42 Å². The Hall–Kier alpha value is -2.05. The van der Waals surface area contributed by atoms with Crippen LogP contribution in [0.25, 0.3) is 0 Å². The highest BCUT2D eigenvalue weighted by Crippen LogP contribution is 2.15. The van der Waals surface area contributed by atoms with Crippen molar-refractivity contribution in [2.75, 3.05) is 11.1 Å². The zero-order valence-corrected chi connectivity index (χ0v) is 13.5. The molecule has 0 aliphatic carbocycles. The van der Waals surface area contributed by atoms with Gasteiger partial charge in [-0.2, -0.15) is 0 Å². The number of nitrogens with one attached hydrogen (secondary N) is 2. The van der Waals surface area contributed by atoms with Crippen LogP contribution in [-0.2, 0) is 16.6 Å². The van der Waals surface area contributed by atoms with Gasteiger partial charge in [-0.15, -0.1) is 0 Å². The molecule has 0 aromatic heterocycles. The molecule has 22 heavy (non-hydrogen) atoms. The van der Waals surface area contributed by atoms with Crippen LogP contribution in [0.5, 0.6) is 0 Å². The van der Waals surface area contributed by atoms with E-state index in [-0.39, 0.29) is 10.9 Å². The smallest absolute Gasteiger partial charge is 0.240 e. The van der Waals surface area contributed by atoms with Crippen molar-refractivity contribution < 1.29 is 8.42 Å². The van der Waals surface area contributed by atoms with Gasteiger partial charge in [-0.1, -0.05) is 12.1 Å². The van der Waals surface area contributed by atoms with Gasteiger partial charge < -0.3 is 11.1 Å². The minimum Gasteiger partial charge on any atom is -0.399 e. The van der Waals surface area contributed by atoms with Gasteiger partial charge in [-0.3, -0.25) is 0 Å². The van der Waals surface area contributed by atoms with Crippen LogP contribution in [0.1, 0.15) is 19.4 Å². The molecule has 2 rings (SSSR count). The van der Waals surface area contributed by atoms with Crippen molar-refractivity contribution in [3.63, 3.8) is 0 Å². The molecule has 0 radical (unpaired) electrons. The number of nitrogen functional groups attached to an aromatic ring is 1. The fourth-order valence-corrected chi connectivity index (χ4v) is 3.22. The van der Waals surface area contributed by atoms with E-state index in [1.807, 2.05) is 24.3 Å². The van der Waals surface area contributed by atoms with E-state index in [1.54, 1.807) is 38.1 Å². The van der Waals surface area contributed by atoms with E-state index in [0.717, 1.165) is 16.9 Å². The van der Waals surface area contributed by atoms with E-state index >= 15 is 0 Å². The zero-order chi connectivity index (χ0) is 16.2. The summed E-state index contributed by atoms with van der Waals surface area (Å²) in [6.07, 6.45) is 0. The number of rotatable bonds is 6. The second kappa shape index (κ2) is 6.81. The van der Waals surface area contributed by atoms with Crippen molar-refractivity contribution in [3.8, 4) is 0 Å². The summed E-state index contributed by atoms with van der Waals surface area (Å²) in [5, 5.41) is 3.24. The first kappa shape index (κ1) is 16.3. The largest absolute Gasteiger partial charge is 0.399 e. The molecule has 0 aliphatic heterocycles. The first-order valence-corrected chi connectivity index (χ1v) is 8.56. The molecule has 0 heterocycles. The van der Waals surface area contributed by atoms with Crippen molar-refractivity contribution in [2.24, 2.45) is 0 Å². The Morgan fingerprint density at radius 2 is 1.59 bits per heavy atom. The number of hydrogen-bond donors (Lipinski definition) is 3. The van der Waals surface area contributed by atoms with Crippen molar-refractivity contribution in [1.82, 2.24) is 4.72 Å². The lowest BCUT2D eigenvalue weighted by molar-refractivity contribution is 0.570. The maximum absolute atomic E-state index is 12.0. The molecule has 6 heteroatoms. The van der Waals surface area contributed by atoms with Gasteiger partial charge in [0.25, 0.3) is 0 Å². The minimum absolute atomic E-state index is 0.131. The van der Waals surface area contributed by atoms with E-state index < -0.39 is 10.0 Å². The first-order valence-electron chi connectivity index (χ1n) is 7.07. The van der Waals surface area contributed by atoms with Crippen molar-refractivity contribution in [2.45, 2.75) is 31.3 Å². The predicted molar refractivity (Wildman–Crippen MR) is 90.1 cm³/mol. The molecule has 118 valence electrons. The average molecular weight is 319 g/mol. The Kier molecular flexibility index (Phi) is 5.05. The molecule has 0 bridgehead atoms. The summed E-state index contributed by atoms with van der Waals surface area (Å²) in [7, 11) is -3.44. The monoisotopic (exact) mass is 319 g/mol. The third kappa shape index (κ3) is 4.47. The first-order chi connectivity index (χ1) is 10.4. The quantitative estimate of drug-likeness (QED) is 0.715. The summed E-state index contributed by atoms with van der Waals surface area (Å²) in [5.41, 5.74) is 8.34. The summed E-state index contributed by atoms with van der Waals surface area (Å²) in [4.78, 5) is 0.263. The molecule has 0 fully saturated rings. The normalized spacial score (nSPS) is 11.6. The Morgan fingerprint density at radius 1 is 1.00 bits per heavy atom. The van der Waals surface area contributed by atoms with Crippen molar-refractivity contribution in [3.05, 3.63) is 54.1 Å². The van der Waals surface area contributed by atoms with Crippen molar-refractivity contribution in [1.29, 1.82) is 0 Å². The number of sulfonamides is 1. The Balaban J connectivity index is 2.01. The van der Waals surface area contributed by atoms with Gasteiger partial charge in [0, 0.05) is 24.0 Å². The molecule has 0 spiro atoms. The summed E-state index contributed by atoms with van der Waals surface area (Å²) in [6, 6.07) is 14.2. The average Bonchev–Trinajstić information content (AvgIpc) is 2.46. The molecular weight excluding hydrogens is 298 g/mol. The highest BCUT2D eigenvalue weighted by Gasteiger charge is 2.14. The van der Waals surface area contributed by atoms with Gasteiger partial charge in [0.15, 0.2) is 0 Å². The van der Waals surface area contributed by atoms with Crippen LogP contribution in [0, 0.1) is 0 Å². The van der Waals surface area contributed by atoms with Crippen LogP contribution in [0.3, 0.4) is 0 Å². The van der Waals surface area contributed by atoms with Gasteiger partial charge in [-0.25, -0.2) is 13.1 Å². The van der Waals surface area contributed by atoms with Crippen LogP contribution >= 0.6 is 0 Å². The molecular formula is C16H21N3O2S. The van der Waals surface area contributed by atoms with Crippen LogP contribution in [0.15, 0.2) is 53.4 Å². The zero-order valence-electron chi connectivity index (χ0n) is 12.7. The number of hydrogen-bond acceptors (Lipinski definition) is 4. The molecule has 0 unspecified atom stereocenters. The highest BCUT2D eigenvalue weighted by atomic mass is 32.2. The summed E-state index contributed by atoms with van der Waals surface area (Å²) in [6.45, 7) is 4.23. The van der Waals surface area contributed by atoms with E-state index in [2.05, 4.69) is 10.0 Å². The SMILES string of the molecule is CC(C)NS(=O)(=O)c1ccc(NCc2ccc(N)cc2)cc1. The fraction of sp³-hybridized carbons (Fsp3) is 0.250. The number of anilines is 2. The predicted octanol–water partition coefficient (Wildman–Crippen LogP) is 2.57. The molecule has 5 nitrogen and oxygen atoms in total. The second-order valence-corrected chi connectivity index (χ2v) is 7.11. The fourth-order valence-electron chi connectivity index (χ4n) is 1.97.